The number of ether oxygens (including phenoxy) is 1. The predicted molar refractivity (Wildman–Crippen MR) is 147 cm³/mol. The van der Waals surface area contributed by atoms with Gasteiger partial charge in [0.05, 0.1) is 12.1 Å². The maximum atomic E-state index is 13.0. The van der Waals surface area contributed by atoms with E-state index in [1.807, 2.05) is 13.8 Å². The van der Waals surface area contributed by atoms with Crippen LogP contribution in [0.2, 0.25) is 0 Å². The first-order valence-electron chi connectivity index (χ1n) is 13.8. The van der Waals surface area contributed by atoms with Gasteiger partial charge in [0.15, 0.2) is 0 Å². The van der Waals surface area contributed by atoms with Crippen LogP contribution in [0.15, 0.2) is 30.3 Å². The van der Waals surface area contributed by atoms with Crippen LogP contribution in [0.25, 0.3) is 0 Å². The fourth-order valence-corrected chi connectivity index (χ4v) is 4.78. The van der Waals surface area contributed by atoms with E-state index in [-0.39, 0.29) is 18.4 Å². The van der Waals surface area contributed by atoms with Crippen LogP contribution < -0.4 is 16.0 Å². The standard InChI is InChI=1S/C29H47N3O6/c1-19(2)16-23(31-26(35)21-14-10-7-11-15-21)27(36)30-18-24(33)25(34)22(17-20-12-8-6-9-13-20)32-28(37)38-29(3,4)5/h7,10-11,14-15,19-20,22-25,33-34H,6,8-9,12-13,16-18H2,1-5H3,(H,30,36)(H,31,35)(H,32,37)/t22-,23-,24-,25+/m0/s1. The number of alkyl carbamates (subject to hydrolysis) is 1. The zero-order valence-corrected chi connectivity index (χ0v) is 23.5. The van der Waals surface area contributed by atoms with Gasteiger partial charge in [-0.05, 0) is 57.6 Å². The minimum atomic E-state index is -1.33. The van der Waals surface area contributed by atoms with Crippen molar-refractivity contribution in [3.05, 3.63) is 35.9 Å². The quantitative estimate of drug-likeness (QED) is 0.279. The molecule has 1 fully saturated rings. The molecule has 0 spiro atoms. The molecule has 5 N–H and O–H groups in total. The molecule has 1 aromatic carbocycles. The maximum Gasteiger partial charge on any atom is 0.407 e. The third kappa shape index (κ3) is 11.4. The van der Waals surface area contributed by atoms with Crippen molar-refractivity contribution in [3.63, 3.8) is 0 Å². The van der Waals surface area contributed by atoms with E-state index in [0.717, 1.165) is 25.7 Å². The largest absolute Gasteiger partial charge is 0.444 e. The van der Waals surface area contributed by atoms with E-state index in [2.05, 4.69) is 16.0 Å². The average molecular weight is 534 g/mol. The molecule has 1 aromatic rings. The number of nitrogens with one attached hydrogen (secondary N) is 3. The Hall–Kier alpha value is -2.65. The topological polar surface area (TPSA) is 137 Å². The van der Waals surface area contributed by atoms with Crippen LogP contribution in [-0.2, 0) is 9.53 Å². The van der Waals surface area contributed by atoms with Crippen LogP contribution in [0.5, 0.6) is 0 Å². The molecule has 0 radical (unpaired) electrons. The third-order valence-electron chi connectivity index (χ3n) is 6.67. The SMILES string of the molecule is CC(C)C[C@H](NC(=O)c1ccccc1)C(=O)NC[C@H](O)[C@H](O)[C@H](CC1CCCCC1)NC(=O)OC(C)(C)C. The van der Waals surface area contributed by atoms with E-state index in [1.54, 1.807) is 51.1 Å². The van der Waals surface area contributed by atoms with E-state index in [4.69, 9.17) is 4.74 Å². The molecule has 4 atom stereocenters. The minimum absolute atomic E-state index is 0.134. The van der Waals surface area contributed by atoms with Gasteiger partial charge in [0, 0.05) is 12.1 Å². The van der Waals surface area contributed by atoms with Crippen molar-refractivity contribution in [2.45, 2.75) is 109 Å². The van der Waals surface area contributed by atoms with Gasteiger partial charge in [-0.15, -0.1) is 0 Å². The lowest BCUT2D eigenvalue weighted by atomic mass is 9.83. The monoisotopic (exact) mass is 533 g/mol. The molecule has 9 heteroatoms. The summed E-state index contributed by atoms with van der Waals surface area (Å²) in [4.78, 5) is 38.1. The molecule has 38 heavy (non-hydrogen) atoms. The molecular formula is C29H47N3O6. The highest BCUT2D eigenvalue weighted by Gasteiger charge is 2.33. The maximum absolute atomic E-state index is 13.0. The van der Waals surface area contributed by atoms with Crippen molar-refractivity contribution in [2.24, 2.45) is 11.8 Å². The molecule has 0 bridgehead atoms. The Labute approximate surface area is 227 Å². The zero-order chi connectivity index (χ0) is 28.3. The molecule has 1 aliphatic rings. The number of carbonyl (C=O) groups is 3. The van der Waals surface area contributed by atoms with Gasteiger partial charge in [0.25, 0.3) is 5.91 Å². The molecule has 0 aliphatic heterocycles. The summed E-state index contributed by atoms with van der Waals surface area (Å²) in [5.74, 6) is -0.349. The zero-order valence-electron chi connectivity index (χ0n) is 23.5. The summed E-state index contributed by atoms with van der Waals surface area (Å²) < 4.78 is 5.37. The van der Waals surface area contributed by atoms with E-state index in [9.17, 15) is 24.6 Å². The molecular weight excluding hydrogens is 486 g/mol. The summed E-state index contributed by atoms with van der Waals surface area (Å²) in [6.07, 6.45) is 3.01. The van der Waals surface area contributed by atoms with Crippen molar-refractivity contribution in [2.75, 3.05) is 6.54 Å². The average Bonchev–Trinajstić information content (AvgIpc) is 2.85. The smallest absolute Gasteiger partial charge is 0.407 e. The number of hydrogen-bond donors (Lipinski definition) is 5. The first-order valence-corrected chi connectivity index (χ1v) is 13.8. The van der Waals surface area contributed by atoms with Crippen LogP contribution in [0.1, 0.15) is 89.9 Å². The molecule has 0 unspecified atom stereocenters. The molecule has 214 valence electrons. The molecule has 0 heterocycles. The lowest BCUT2D eigenvalue weighted by Crippen LogP contribution is -2.54. The highest BCUT2D eigenvalue weighted by Crippen LogP contribution is 2.28. The van der Waals surface area contributed by atoms with Gasteiger partial charge < -0.3 is 30.9 Å². The third-order valence-corrected chi connectivity index (χ3v) is 6.67. The molecule has 1 aliphatic carbocycles. The van der Waals surface area contributed by atoms with Crippen molar-refractivity contribution >= 4 is 17.9 Å². The summed E-state index contributed by atoms with van der Waals surface area (Å²) in [5, 5.41) is 30.0. The number of benzene rings is 1. The Kier molecular flexibility index (Phi) is 12.5. The number of hydrogen-bond acceptors (Lipinski definition) is 6. The molecule has 2 rings (SSSR count). The molecule has 1 saturated carbocycles. The number of amides is 3. The summed E-state index contributed by atoms with van der Waals surface area (Å²) in [6, 6.07) is 7.11. The normalized spacial score (nSPS) is 17.7. The highest BCUT2D eigenvalue weighted by atomic mass is 16.6. The van der Waals surface area contributed by atoms with Gasteiger partial charge in [-0.1, -0.05) is 64.2 Å². The van der Waals surface area contributed by atoms with Gasteiger partial charge in [0.1, 0.15) is 17.7 Å². The molecule has 3 amide bonds. The first kappa shape index (κ1) is 31.6. The van der Waals surface area contributed by atoms with Gasteiger partial charge in [-0.25, -0.2) is 4.79 Å². The second-order valence-corrected chi connectivity index (χ2v) is 11.8. The molecule has 0 aromatic heterocycles. The van der Waals surface area contributed by atoms with Crippen LogP contribution in [0.4, 0.5) is 4.79 Å². The highest BCUT2D eigenvalue weighted by molar-refractivity contribution is 5.97. The number of carbonyl (C=O) groups excluding carboxylic acids is 3. The second-order valence-electron chi connectivity index (χ2n) is 11.8. The summed E-state index contributed by atoms with van der Waals surface area (Å²) >= 11 is 0. The van der Waals surface area contributed by atoms with Crippen LogP contribution in [0.3, 0.4) is 0 Å². The van der Waals surface area contributed by atoms with Gasteiger partial charge >= 0.3 is 6.09 Å². The fourth-order valence-electron chi connectivity index (χ4n) is 4.78. The summed E-state index contributed by atoms with van der Waals surface area (Å²) in [6.45, 7) is 8.94. The predicted octanol–water partition coefficient (Wildman–Crippen LogP) is 3.53. The van der Waals surface area contributed by atoms with E-state index < -0.39 is 41.9 Å². The van der Waals surface area contributed by atoms with E-state index >= 15 is 0 Å². The van der Waals surface area contributed by atoms with Crippen molar-refractivity contribution in [1.82, 2.24) is 16.0 Å². The van der Waals surface area contributed by atoms with Crippen molar-refractivity contribution < 1.29 is 29.3 Å². The minimum Gasteiger partial charge on any atom is -0.444 e. The van der Waals surface area contributed by atoms with E-state index in [1.165, 1.54) is 6.42 Å². The Morgan fingerprint density at radius 1 is 1.00 bits per heavy atom. The summed E-state index contributed by atoms with van der Waals surface area (Å²) in [5.41, 5.74) is -0.254. The Morgan fingerprint density at radius 3 is 2.21 bits per heavy atom. The Bertz CT molecular complexity index is 880. The molecule has 9 nitrogen and oxygen atoms in total. The number of aliphatic hydroxyl groups is 2. The first-order chi connectivity index (χ1) is 17.9. The van der Waals surface area contributed by atoms with Gasteiger partial charge in [0.2, 0.25) is 5.91 Å². The van der Waals surface area contributed by atoms with Crippen LogP contribution >= 0.6 is 0 Å². The van der Waals surface area contributed by atoms with Crippen molar-refractivity contribution in [1.29, 1.82) is 0 Å². The van der Waals surface area contributed by atoms with Gasteiger partial charge in [-0.2, -0.15) is 0 Å². The van der Waals surface area contributed by atoms with Crippen LogP contribution in [0, 0.1) is 11.8 Å². The fraction of sp³-hybridized carbons (Fsp3) is 0.690. The summed E-state index contributed by atoms with van der Waals surface area (Å²) in [7, 11) is 0. The van der Waals surface area contributed by atoms with Gasteiger partial charge in [-0.3, -0.25) is 9.59 Å². The van der Waals surface area contributed by atoms with Crippen molar-refractivity contribution in [3.8, 4) is 0 Å². The Morgan fingerprint density at radius 2 is 1.63 bits per heavy atom. The second kappa shape index (κ2) is 15.1. The van der Waals surface area contributed by atoms with E-state index in [0.29, 0.717) is 24.3 Å². The Balaban J connectivity index is 2.02. The van der Waals surface area contributed by atoms with Crippen LogP contribution in [-0.4, -0.2) is 64.6 Å². The lowest BCUT2D eigenvalue weighted by molar-refractivity contribution is -0.124. The lowest BCUT2D eigenvalue weighted by Gasteiger charge is -2.33. The number of aliphatic hydroxyl groups excluding tert-OH is 2. The number of rotatable bonds is 12. The molecule has 0 saturated heterocycles.